The number of hydrogen-bond acceptors (Lipinski definition) is 5. The number of carbonyl (C=O) groups excluding carboxylic acids is 2. The summed E-state index contributed by atoms with van der Waals surface area (Å²) in [5.41, 5.74) is 1.81. The number of nitrogens with one attached hydrogen (secondary N) is 1. The van der Waals surface area contributed by atoms with Gasteiger partial charge in [-0.05, 0) is 35.2 Å². The lowest BCUT2D eigenvalue weighted by Gasteiger charge is -2.34. The molecule has 0 unspecified atom stereocenters. The normalized spacial score (nSPS) is 12.1. The van der Waals surface area contributed by atoms with Crippen molar-refractivity contribution in [3.05, 3.63) is 95.0 Å². The molecule has 0 saturated heterocycles. The molecule has 0 aliphatic carbocycles. The zero-order chi connectivity index (χ0) is 29.3. The van der Waals surface area contributed by atoms with Crippen molar-refractivity contribution in [1.82, 2.24) is 10.2 Å². The number of benzene rings is 3. The fourth-order valence-electron chi connectivity index (χ4n) is 4.21. The molecule has 0 aromatic heterocycles. The molecule has 2 amide bonds. The van der Waals surface area contributed by atoms with Crippen LogP contribution in [-0.4, -0.2) is 57.6 Å². The summed E-state index contributed by atoms with van der Waals surface area (Å²) in [5, 5.41) is 3.25. The molecule has 0 aliphatic heterocycles. The Hall–Kier alpha value is -3.56. The van der Waals surface area contributed by atoms with Crippen LogP contribution >= 0.6 is 11.6 Å². The maximum Gasteiger partial charge on any atom is 0.244 e. The molecule has 3 aromatic carbocycles. The number of anilines is 1. The van der Waals surface area contributed by atoms with Crippen molar-refractivity contribution in [2.45, 2.75) is 32.9 Å². The number of halogens is 1. The van der Waals surface area contributed by atoms with Crippen LogP contribution < -0.4 is 14.4 Å². The Balaban J connectivity index is 2.07. The first-order valence-electron chi connectivity index (χ1n) is 13.0. The number of sulfonamides is 1. The van der Waals surface area contributed by atoms with Crippen LogP contribution in [0.4, 0.5) is 5.69 Å². The predicted molar refractivity (Wildman–Crippen MR) is 159 cm³/mol. The van der Waals surface area contributed by atoms with Gasteiger partial charge in [-0.3, -0.25) is 13.9 Å². The first-order valence-corrected chi connectivity index (χ1v) is 15.2. The molecule has 0 radical (unpaired) electrons. The van der Waals surface area contributed by atoms with Crippen LogP contribution in [0.3, 0.4) is 0 Å². The topological polar surface area (TPSA) is 96.0 Å². The van der Waals surface area contributed by atoms with Gasteiger partial charge in [0.1, 0.15) is 18.3 Å². The lowest BCUT2D eigenvalue weighted by atomic mass is 10.0. The van der Waals surface area contributed by atoms with Gasteiger partial charge < -0.3 is 15.0 Å². The number of ether oxygens (including phenoxy) is 1. The van der Waals surface area contributed by atoms with Gasteiger partial charge in [-0.25, -0.2) is 8.42 Å². The van der Waals surface area contributed by atoms with Crippen LogP contribution in [0.5, 0.6) is 5.75 Å². The van der Waals surface area contributed by atoms with E-state index in [-0.39, 0.29) is 41.3 Å². The van der Waals surface area contributed by atoms with Crippen molar-refractivity contribution in [3.8, 4) is 5.75 Å². The summed E-state index contributed by atoms with van der Waals surface area (Å²) >= 11 is 6.19. The number of amides is 2. The quantitative estimate of drug-likeness (QED) is 0.318. The summed E-state index contributed by atoms with van der Waals surface area (Å²) in [5.74, 6) is -0.409. The van der Waals surface area contributed by atoms with E-state index in [1.165, 1.54) is 18.1 Å². The predicted octanol–water partition coefficient (Wildman–Crippen LogP) is 4.53. The summed E-state index contributed by atoms with van der Waals surface area (Å²) in [6.45, 7) is 3.97. The Morgan fingerprint density at radius 2 is 1.55 bits per heavy atom. The van der Waals surface area contributed by atoms with E-state index in [0.717, 1.165) is 21.7 Å². The third kappa shape index (κ3) is 8.72. The maximum absolute atomic E-state index is 14.1. The minimum Gasteiger partial charge on any atom is -0.495 e. The van der Waals surface area contributed by atoms with Crippen LogP contribution in [-0.2, 0) is 32.6 Å². The summed E-state index contributed by atoms with van der Waals surface area (Å²) in [6.07, 6.45) is 1.27. The fourth-order valence-corrected chi connectivity index (χ4v) is 5.22. The van der Waals surface area contributed by atoms with Crippen molar-refractivity contribution in [2.75, 3.05) is 30.8 Å². The summed E-state index contributed by atoms with van der Waals surface area (Å²) in [7, 11) is -2.54. The zero-order valence-corrected chi connectivity index (χ0v) is 24.8. The Labute approximate surface area is 241 Å². The van der Waals surface area contributed by atoms with Gasteiger partial charge >= 0.3 is 0 Å². The molecule has 0 heterocycles. The fraction of sp³-hybridized carbons (Fsp3) is 0.333. The molecule has 1 atom stereocenters. The van der Waals surface area contributed by atoms with Gasteiger partial charge in [0.15, 0.2) is 0 Å². The molecule has 3 rings (SSSR count). The number of hydrogen-bond donors (Lipinski definition) is 1. The number of carbonyl (C=O) groups is 2. The second-order valence-corrected chi connectivity index (χ2v) is 12.3. The first-order chi connectivity index (χ1) is 19.0. The van der Waals surface area contributed by atoms with E-state index in [4.69, 9.17) is 16.3 Å². The highest BCUT2D eigenvalue weighted by atomic mass is 35.5. The smallest absolute Gasteiger partial charge is 0.244 e. The zero-order valence-electron chi connectivity index (χ0n) is 23.2. The van der Waals surface area contributed by atoms with E-state index in [9.17, 15) is 18.0 Å². The van der Waals surface area contributed by atoms with Crippen LogP contribution in [0.1, 0.15) is 25.0 Å². The Kier molecular flexibility index (Phi) is 11.0. The maximum atomic E-state index is 14.1. The third-order valence-electron chi connectivity index (χ3n) is 6.24. The molecular formula is C30H36ClN3O5S. The molecule has 1 N–H and O–H groups in total. The van der Waals surface area contributed by atoms with Crippen molar-refractivity contribution in [3.63, 3.8) is 0 Å². The minimum atomic E-state index is -3.95. The average molecular weight is 586 g/mol. The van der Waals surface area contributed by atoms with E-state index in [2.05, 4.69) is 5.32 Å². The van der Waals surface area contributed by atoms with Gasteiger partial charge in [-0.1, -0.05) is 86.1 Å². The molecule has 8 nitrogen and oxygen atoms in total. The molecular weight excluding hydrogens is 550 g/mol. The number of nitrogens with zero attached hydrogens (tertiary/aromatic N) is 2. The van der Waals surface area contributed by atoms with Gasteiger partial charge in [0.2, 0.25) is 21.8 Å². The van der Waals surface area contributed by atoms with Crippen molar-refractivity contribution >= 4 is 39.1 Å². The minimum absolute atomic E-state index is 0.108. The highest BCUT2D eigenvalue weighted by Crippen LogP contribution is 2.33. The van der Waals surface area contributed by atoms with E-state index in [1.54, 1.807) is 12.1 Å². The molecule has 0 saturated carbocycles. The molecule has 0 spiro atoms. The second-order valence-electron chi connectivity index (χ2n) is 9.94. The third-order valence-corrected chi connectivity index (χ3v) is 7.60. The van der Waals surface area contributed by atoms with Gasteiger partial charge in [0.05, 0.1) is 19.1 Å². The van der Waals surface area contributed by atoms with Crippen molar-refractivity contribution in [2.24, 2.45) is 5.92 Å². The molecule has 3 aromatic rings. The van der Waals surface area contributed by atoms with Crippen LogP contribution in [0, 0.1) is 5.92 Å². The van der Waals surface area contributed by atoms with Crippen LogP contribution in [0.15, 0.2) is 78.9 Å². The van der Waals surface area contributed by atoms with E-state index < -0.39 is 28.5 Å². The van der Waals surface area contributed by atoms with Gasteiger partial charge in [-0.15, -0.1) is 0 Å². The summed E-state index contributed by atoms with van der Waals surface area (Å²) in [6, 6.07) is 22.4. The SMILES string of the molecule is COc1ccc(Cl)cc1N(CC(=O)N(Cc1ccccc1)[C@H](Cc1ccccc1)C(=O)NCC(C)C)S(C)(=O)=O. The van der Waals surface area contributed by atoms with E-state index in [1.807, 2.05) is 74.5 Å². The monoisotopic (exact) mass is 585 g/mol. The molecule has 214 valence electrons. The average Bonchev–Trinajstić information content (AvgIpc) is 2.92. The molecule has 10 heteroatoms. The molecule has 0 fully saturated rings. The Morgan fingerprint density at radius 1 is 0.950 bits per heavy atom. The molecule has 0 bridgehead atoms. The van der Waals surface area contributed by atoms with E-state index >= 15 is 0 Å². The highest BCUT2D eigenvalue weighted by Gasteiger charge is 2.33. The first kappa shape index (κ1) is 31.0. The number of rotatable bonds is 13. The van der Waals surface area contributed by atoms with E-state index in [0.29, 0.717) is 6.54 Å². The van der Waals surface area contributed by atoms with Crippen LogP contribution in [0.25, 0.3) is 0 Å². The second kappa shape index (κ2) is 14.2. The molecule has 40 heavy (non-hydrogen) atoms. The molecule has 0 aliphatic rings. The van der Waals surface area contributed by atoms with Crippen molar-refractivity contribution in [1.29, 1.82) is 0 Å². The largest absolute Gasteiger partial charge is 0.495 e. The Bertz CT molecular complexity index is 1380. The highest BCUT2D eigenvalue weighted by molar-refractivity contribution is 7.92. The van der Waals surface area contributed by atoms with Crippen LogP contribution in [0.2, 0.25) is 5.02 Å². The Morgan fingerprint density at radius 3 is 2.10 bits per heavy atom. The van der Waals surface area contributed by atoms with Crippen molar-refractivity contribution < 1.29 is 22.7 Å². The summed E-state index contributed by atoms with van der Waals surface area (Å²) in [4.78, 5) is 29.2. The number of methoxy groups -OCH3 is 1. The summed E-state index contributed by atoms with van der Waals surface area (Å²) < 4.78 is 32.3. The lowest BCUT2D eigenvalue weighted by Crippen LogP contribution is -2.53. The van der Waals surface area contributed by atoms with Gasteiger partial charge in [0, 0.05) is 24.5 Å². The lowest BCUT2D eigenvalue weighted by molar-refractivity contribution is -0.140. The van der Waals surface area contributed by atoms with Gasteiger partial charge in [-0.2, -0.15) is 0 Å². The van der Waals surface area contributed by atoms with Gasteiger partial charge in [0.25, 0.3) is 0 Å². The standard InChI is InChI=1S/C30H36ClN3O5S/c1-22(2)19-32-30(36)27(17-23-11-7-5-8-12-23)33(20-24-13-9-6-10-14-24)29(35)21-34(40(4,37)38)26-18-25(31)15-16-28(26)39-3/h5-16,18,22,27H,17,19-21H2,1-4H3,(H,32,36)/t27-/m1/s1.